The van der Waals surface area contributed by atoms with Crippen molar-refractivity contribution in [3.63, 3.8) is 0 Å². The van der Waals surface area contributed by atoms with Gasteiger partial charge < -0.3 is 4.57 Å². The van der Waals surface area contributed by atoms with E-state index in [9.17, 15) is 13.2 Å². The highest BCUT2D eigenvalue weighted by molar-refractivity contribution is 7.89. The van der Waals surface area contributed by atoms with Gasteiger partial charge in [-0.2, -0.15) is 5.26 Å². The first-order valence-electron chi connectivity index (χ1n) is 9.39. The van der Waals surface area contributed by atoms with Crippen molar-refractivity contribution in [2.75, 3.05) is 11.9 Å². The first-order valence-corrected chi connectivity index (χ1v) is 10.9. The van der Waals surface area contributed by atoms with Crippen molar-refractivity contribution >= 4 is 32.9 Å². The number of benzene rings is 2. The van der Waals surface area contributed by atoms with E-state index in [0.717, 1.165) is 11.0 Å². The van der Waals surface area contributed by atoms with Crippen LogP contribution in [0.5, 0.6) is 0 Å². The summed E-state index contributed by atoms with van der Waals surface area (Å²) in [5, 5.41) is 11.4. The number of hydrogen-bond donors (Lipinski definition) is 2. The van der Waals surface area contributed by atoms with Crippen LogP contribution in [0.25, 0.3) is 11.0 Å². The molecule has 2 aromatic carbocycles. The maximum atomic E-state index is 12.8. The zero-order chi connectivity index (χ0) is 21.9. The molecule has 0 saturated heterocycles. The fourth-order valence-corrected chi connectivity index (χ4v) is 4.10. The molecule has 1 heterocycles. The number of anilines is 1. The first kappa shape index (κ1) is 21.5. The van der Waals surface area contributed by atoms with Crippen molar-refractivity contribution in [3.8, 4) is 6.07 Å². The summed E-state index contributed by atoms with van der Waals surface area (Å²) in [6, 6.07) is 15.1. The number of imidazole rings is 1. The summed E-state index contributed by atoms with van der Waals surface area (Å²) in [4.78, 5) is 17.3. The lowest BCUT2D eigenvalue weighted by Gasteiger charge is -2.24. The number of hydrogen-bond acceptors (Lipinski definition) is 5. The molecule has 0 fully saturated rings. The van der Waals surface area contributed by atoms with E-state index in [0.29, 0.717) is 11.5 Å². The third-order valence-corrected chi connectivity index (χ3v) is 5.89. The Labute approximate surface area is 175 Å². The van der Waals surface area contributed by atoms with Gasteiger partial charge in [-0.25, -0.2) is 18.1 Å². The third kappa shape index (κ3) is 4.50. The van der Waals surface area contributed by atoms with Crippen LogP contribution in [0.15, 0.2) is 53.4 Å². The molecule has 2 N–H and O–H groups in total. The van der Waals surface area contributed by atoms with E-state index in [1.807, 2.05) is 55.7 Å². The van der Waals surface area contributed by atoms with Gasteiger partial charge in [-0.3, -0.25) is 10.1 Å². The van der Waals surface area contributed by atoms with Crippen molar-refractivity contribution in [1.82, 2.24) is 14.3 Å². The minimum Gasteiger partial charge on any atom is -0.305 e. The van der Waals surface area contributed by atoms with Gasteiger partial charge in [0.15, 0.2) is 0 Å². The van der Waals surface area contributed by atoms with E-state index in [2.05, 4.69) is 15.0 Å². The Morgan fingerprint density at radius 1 is 1.13 bits per heavy atom. The molecule has 0 radical (unpaired) electrons. The first-order chi connectivity index (χ1) is 14.1. The molecule has 156 valence electrons. The fraction of sp³-hybridized carbons (Fsp3) is 0.286. The van der Waals surface area contributed by atoms with Gasteiger partial charge in [0.2, 0.25) is 16.0 Å². The molecule has 0 saturated carbocycles. The summed E-state index contributed by atoms with van der Waals surface area (Å²) in [7, 11) is -3.73. The van der Waals surface area contributed by atoms with Crippen LogP contribution in [0, 0.1) is 11.3 Å². The Hall–Kier alpha value is -3.22. The minimum absolute atomic E-state index is 0.0268. The van der Waals surface area contributed by atoms with Crippen molar-refractivity contribution in [1.29, 1.82) is 5.26 Å². The second-order valence-corrected chi connectivity index (χ2v) is 9.48. The van der Waals surface area contributed by atoms with E-state index < -0.39 is 15.9 Å². The molecule has 0 unspecified atom stereocenters. The van der Waals surface area contributed by atoms with Crippen LogP contribution in [0.2, 0.25) is 0 Å². The Morgan fingerprint density at radius 3 is 2.43 bits per heavy atom. The molecule has 3 rings (SSSR count). The topological polar surface area (TPSA) is 117 Å². The maximum absolute atomic E-state index is 12.8. The maximum Gasteiger partial charge on any atom is 0.257 e. The van der Waals surface area contributed by atoms with E-state index in [4.69, 9.17) is 5.26 Å². The number of nitrogens with one attached hydrogen (secondary N) is 2. The largest absolute Gasteiger partial charge is 0.305 e. The molecule has 0 aliphatic carbocycles. The number of fused-ring (bicyclic) bond motifs is 1. The van der Waals surface area contributed by atoms with E-state index in [-0.39, 0.29) is 23.4 Å². The van der Waals surface area contributed by atoms with Crippen LogP contribution in [0.1, 0.15) is 37.6 Å². The van der Waals surface area contributed by atoms with Crippen LogP contribution in [-0.4, -0.2) is 30.4 Å². The number of nitriles is 1. The summed E-state index contributed by atoms with van der Waals surface area (Å²) in [5.74, 6) is 0.0285. The van der Waals surface area contributed by atoms with Crippen molar-refractivity contribution in [2.45, 2.75) is 37.6 Å². The number of aromatic nitrogens is 2. The Morgan fingerprint density at radius 2 is 1.80 bits per heavy atom. The van der Waals surface area contributed by atoms with Crippen LogP contribution in [-0.2, 0) is 15.6 Å². The molecule has 0 bridgehead atoms. The van der Waals surface area contributed by atoms with E-state index >= 15 is 0 Å². The summed E-state index contributed by atoms with van der Waals surface area (Å²) in [6.07, 6.45) is 0.0779. The van der Waals surface area contributed by atoms with E-state index in [1.165, 1.54) is 24.3 Å². The number of amides is 1. The molecule has 0 spiro atoms. The second-order valence-electron chi connectivity index (χ2n) is 7.71. The van der Waals surface area contributed by atoms with Crippen LogP contribution < -0.4 is 10.0 Å². The average Bonchev–Trinajstić information content (AvgIpc) is 3.06. The highest BCUT2D eigenvalue weighted by Crippen LogP contribution is 2.28. The number of para-hydroxylation sites is 2. The van der Waals surface area contributed by atoms with Gasteiger partial charge in [0.25, 0.3) is 5.91 Å². The van der Waals surface area contributed by atoms with Gasteiger partial charge in [0.1, 0.15) is 0 Å². The summed E-state index contributed by atoms with van der Waals surface area (Å²) >= 11 is 0. The summed E-state index contributed by atoms with van der Waals surface area (Å²) < 4.78 is 28.7. The van der Waals surface area contributed by atoms with E-state index in [1.54, 1.807) is 0 Å². The van der Waals surface area contributed by atoms with Crippen molar-refractivity contribution < 1.29 is 13.2 Å². The second kappa shape index (κ2) is 8.26. The van der Waals surface area contributed by atoms with Gasteiger partial charge in [-0.05, 0) is 57.2 Å². The molecule has 0 aliphatic heterocycles. The quantitative estimate of drug-likeness (QED) is 0.588. The van der Waals surface area contributed by atoms with Gasteiger partial charge >= 0.3 is 0 Å². The van der Waals surface area contributed by atoms with Crippen LogP contribution in [0.3, 0.4) is 0 Å². The Kier molecular flexibility index (Phi) is 5.92. The molecule has 3 aromatic rings. The number of sulfonamides is 1. The van der Waals surface area contributed by atoms with Crippen molar-refractivity contribution in [3.05, 3.63) is 54.1 Å². The van der Waals surface area contributed by atoms with Crippen molar-refractivity contribution in [2.24, 2.45) is 0 Å². The number of nitrogens with zero attached hydrogens (tertiary/aromatic N) is 3. The average molecular weight is 426 g/mol. The molecular weight excluding hydrogens is 402 g/mol. The zero-order valence-electron chi connectivity index (χ0n) is 17.0. The number of rotatable bonds is 6. The minimum atomic E-state index is -3.73. The van der Waals surface area contributed by atoms with Gasteiger partial charge in [0, 0.05) is 24.1 Å². The zero-order valence-corrected chi connectivity index (χ0v) is 17.8. The number of carbonyl (C=O) groups is 1. The predicted molar refractivity (Wildman–Crippen MR) is 115 cm³/mol. The smallest absolute Gasteiger partial charge is 0.257 e. The molecule has 1 amide bonds. The Bertz CT molecular complexity index is 1220. The lowest BCUT2D eigenvalue weighted by molar-refractivity contribution is 0.102. The lowest BCUT2D eigenvalue weighted by Crippen LogP contribution is -2.26. The molecule has 30 heavy (non-hydrogen) atoms. The predicted octanol–water partition coefficient (Wildman–Crippen LogP) is 3.24. The van der Waals surface area contributed by atoms with Gasteiger partial charge in [0.05, 0.1) is 22.0 Å². The number of carbonyl (C=O) groups excluding carboxylic acids is 1. The van der Waals surface area contributed by atoms with Gasteiger partial charge in [-0.1, -0.05) is 12.1 Å². The fourth-order valence-electron chi connectivity index (χ4n) is 3.07. The standard InChI is InChI=1S/C21H23N5O3S/c1-21(2,3)26-18-8-5-4-7-17(18)24-20(26)25-19(27)15-9-11-16(12-10-15)30(28,29)23-14-6-13-22/h4-5,7-12,23H,6,14H2,1-3H3,(H,24,25,27). The normalized spacial score (nSPS) is 11.9. The molecule has 9 heteroatoms. The molecule has 8 nitrogen and oxygen atoms in total. The Balaban J connectivity index is 1.85. The monoisotopic (exact) mass is 425 g/mol. The lowest BCUT2D eigenvalue weighted by atomic mass is 10.1. The SMILES string of the molecule is CC(C)(C)n1c(NC(=O)c2ccc(S(=O)(=O)NCCC#N)cc2)nc2ccccc21. The van der Waals surface area contributed by atoms with Crippen LogP contribution >= 0.6 is 0 Å². The van der Waals surface area contributed by atoms with Crippen LogP contribution in [0.4, 0.5) is 5.95 Å². The summed E-state index contributed by atoms with van der Waals surface area (Å²) in [5.41, 5.74) is 1.67. The summed E-state index contributed by atoms with van der Waals surface area (Å²) in [6.45, 7) is 6.10. The molecular formula is C21H23N5O3S. The highest BCUT2D eigenvalue weighted by atomic mass is 32.2. The molecule has 1 aromatic heterocycles. The molecule has 0 atom stereocenters. The molecule has 0 aliphatic rings. The highest BCUT2D eigenvalue weighted by Gasteiger charge is 2.23. The van der Waals surface area contributed by atoms with Gasteiger partial charge in [-0.15, -0.1) is 0 Å². The third-order valence-electron chi connectivity index (χ3n) is 4.41.